The third-order valence-electron chi connectivity index (χ3n) is 2.68. The van der Waals surface area contributed by atoms with E-state index in [9.17, 15) is 4.39 Å². The molecule has 0 radical (unpaired) electrons. The van der Waals surface area contributed by atoms with Crippen LogP contribution in [0.15, 0.2) is 18.2 Å². The standard InChI is InChI=1S/C12H15ClFN/c13-11-4-1-5-12(14)10(11)3-2-8-15-9-6-7-9/h1,4-5,9,15H,2-3,6-8H2. The Morgan fingerprint density at radius 2 is 2.20 bits per heavy atom. The first-order valence-corrected chi connectivity index (χ1v) is 5.81. The molecular weight excluding hydrogens is 213 g/mol. The van der Waals surface area contributed by atoms with Gasteiger partial charge in [-0.25, -0.2) is 4.39 Å². The van der Waals surface area contributed by atoms with Crippen molar-refractivity contribution in [1.29, 1.82) is 0 Å². The summed E-state index contributed by atoms with van der Waals surface area (Å²) in [5.74, 6) is -0.186. The minimum Gasteiger partial charge on any atom is -0.314 e. The van der Waals surface area contributed by atoms with E-state index in [-0.39, 0.29) is 5.82 Å². The summed E-state index contributed by atoms with van der Waals surface area (Å²) in [7, 11) is 0. The Labute approximate surface area is 94.6 Å². The molecule has 0 unspecified atom stereocenters. The third-order valence-corrected chi connectivity index (χ3v) is 3.03. The highest BCUT2D eigenvalue weighted by molar-refractivity contribution is 6.31. The zero-order valence-electron chi connectivity index (χ0n) is 8.60. The van der Waals surface area contributed by atoms with Crippen LogP contribution < -0.4 is 5.32 Å². The van der Waals surface area contributed by atoms with E-state index in [0.717, 1.165) is 19.0 Å². The molecule has 1 aromatic carbocycles. The summed E-state index contributed by atoms with van der Waals surface area (Å²) in [6, 6.07) is 5.58. The van der Waals surface area contributed by atoms with Gasteiger partial charge in [0.1, 0.15) is 5.82 Å². The molecule has 0 bridgehead atoms. The van der Waals surface area contributed by atoms with Crippen molar-refractivity contribution in [3.05, 3.63) is 34.6 Å². The van der Waals surface area contributed by atoms with Crippen molar-refractivity contribution in [1.82, 2.24) is 5.32 Å². The van der Waals surface area contributed by atoms with Gasteiger partial charge in [-0.1, -0.05) is 17.7 Å². The molecule has 1 fully saturated rings. The largest absolute Gasteiger partial charge is 0.314 e. The first-order valence-electron chi connectivity index (χ1n) is 5.43. The van der Waals surface area contributed by atoms with Gasteiger partial charge in [-0.3, -0.25) is 0 Å². The van der Waals surface area contributed by atoms with E-state index in [0.29, 0.717) is 17.0 Å². The molecule has 0 aromatic heterocycles. The quantitative estimate of drug-likeness (QED) is 0.762. The van der Waals surface area contributed by atoms with E-state index < -0.39 is 0 Å². The summed E-state index contributed by atoms with van der Waals surface area (Å²) in [5, 5.41) is 3.94. The van der Waals surface area contributed by atoms with Crippen molar-refractivity contribution in [2.24, 2.45) is 0 Å². The van der Waals surface area contributed by atoms with E-state index >= 15 is 0 Å². The smallest absolute Gasteiger partial charge is 0.127 e. The highest BCUT2D eigenvalue weighted by atomic mass is 35.5. The molecule has 1 aromatic rings. The molecule has 0 atom stereocenters. The van der Waals surface area contributed by atoms with Gasteiger partial charge in [0, 0.05) is 16.6 Å². The van der Waals surface area contributed by atoms with Crippen LogP contribution in [0.5, 0.6) is 0 Å². The van der Waals surface area contributed by atoms with Crippen LogP contribution in [0.2, 0.25) is 5.02 Å². The van der Waals surface area contributed by atoms with Crippen LogP contribution in [0.25, 0.3) is 0 Å². The van der Waals surface area contributed by atoms with Crippen LogP contribution >= 0.6 is 11.6 Å². The maximum Gasteiger partial charge on any atom is 0.127 e. The molecule has 0 saturated heterocycles. The SMILES string of the molecule is Fc1cccc(Cl)c1CCCNC1CC1. The van der Waals surface area contributed by atoms with Gasteiger partial charge in [0.15, 0.2) is 0 Å². The third kappa shape index (κ3) is 3.18. The molecule has 15 heavy (non-hydrogen) atoms. The molecule has 1 saturated carbocycles. The van der Waals surface area contributed by atoms with Crippen molar-refractivity contribution in [2.75, 3.05) is 6.54 Å². The van der Waals surface area contributed by atoms with E-state index in [1.807, 2.05) is 0 Å². The number of hydrogen-bond donors (Lipinski definition) is 1. The molecule has 2 rings (SSSR count). The summed E-state index contributed by atoms with van der Waals surface area (Å²) in [6.45, 7) is 0.954. The molecule has 1 aliphatic rings. The number of nitrogens with one attached hydrogen (secondary N) is 1. The first-order chi connectivity index (χ1) is 7.27. The van der Waals surface area contributed by atoms with Crippen molar-refractivity contribution in [3.63, 3.8) is 0 Å². The van der Waals surface area contributed by atoms with Crippen LogP contribution in [0.4, 0.5) is 4.39 Å². The number of rotatable bonds is 5. The zero-order chi connectivity index (χ0) is 10.7. The molecule has 0 aliphatic heterocycles. The molecule has 1 nitrogen and oxygen atoms in total. The fourth-order valence-corrected chi connectivity index (χ4v) is 1.89. The first kappa shape index (κ1) is 10.9. The Morgan fingerprint density at radius 3 is 2.87 bits per heavy atom. The van der Waals surface area contributed by atoms with Gasteiger partial charge >= 0.3 is 0 Å². The Kier molecular flexibility index (Phi) is 3.60. The molecule has 1 N–H and O–H groups in total. The van der Waals surface area contributed by atoms with Gasteiger partial charge in [-0.2, -0.15) is 0 Å². The highest BCUT2D eigenvalue weighted by Gasteiger charge is 2.19. The summed E-state index contributed by atoms with van der Waals surface area (Å²) >= 11 is 5.92. The minimum absolute atomic E-state index is 0.186. The molecule has 82 valence electrons. The number of halogens is 2. The second kappa shape index (κ2) is 4.95. The fraction of sp³-hybridized carbons (Fsp3) is 0.500. The summed E-state index contributed by atoms with van der Waals surface area (Å²) in [5.41, 5.74) is 0.650. The molecule has 0 amide bonds. The lowest BCUT2D eigenvalue weighted by Gasteiger charge is -2.06. The molecule has 3 heteroatoms. The lowest BCUT2D eigenvalue weighted by molar-refractivity contribution is 0.592. The maximum atomic E-state index is 13.3. The highest BCUT2D eigenvalue weighted by Crippen LogP contribution is 2.21. The van der Waals surface area contributed by atoms with Gasteiger partial charge < -0.3 is 5.32 Å². The van der Waals surface area contributed by atoms with Crippen LogP contribution in [-0.2, 0) is 6.42 Å². The summed E-state index contributed by atoms with van der Waals surface area (Å²) < 4.78 is 13.3. The van der Waals surface area contributed by atoms with Crippen molar-refractivity contribution < 1.29 is 4.39 Å². The minimum atomic E-state index is -0.186. The van der Waals surface area contributed by atoms with Crippen LogP contribution in [-0.4, -0.2) is 12.6 Å². The van der Waals surface area contributed by atoms with Gasteiger partial charge in [0.2, 0.25) is 0 Å². The van der Waals surface area contributed by atoms with Crippen molar-refractivity contribution in [2.45, 2.75) is 31.7 Å². The predicted octanol–water partition coefficient (Wildman–Crippen LogP) is 3.16. The van der Waals surface area contributed by atoms with E-state index in [2.05, 4.69) is 5.32 Å². The second-order valence-electron chi connectivity index (χ2n) is 4.03. The molecular formula is C12H15ClFN. The maximum absolute atomic E-state index is 13.3. The number of benzene rings is 1. The Bertz CT molecular complexity index is 316. The van der Waals surface area contributed by atoms with E-state index in [1.54, 1.807) is 12.1 Å². The Morgan fingerprint density at radius 1 is 1.40 bits per heavy atom. The average Bonchev–Trinajstić information content (AvgIpc) is 3.00. The van der Waals surface area contributed by atoms with Crippen molar-refractivity contribution >= 4 is 11.6 Å². The predicted molar refractivity (Wildman–Crippen MR) is 60.8 cm³/mol. The fourth-order valence-electron chi connectivity index (χ4n) is 1.63. The van der Waals surface area contributed by atoms with Gasteiger partial charge in [0.25, 0.3) is 0 Å². The topological polar surface area (TPSA) is 12.0 Å². The lowest BCUT2D eigenvalue weighted by atomic mass is 10.1. The molecule has 0 heterocycles. The van der Waals surface area contributed by atoms with Crippen LogP contribution in [0.1, 0.15) is 24.8 Å². The van der Waals surface area contributed by atoms with E-state index in [1.165, 1.54) is 18.9 Å². The number of hydrogen-bond acceptors (Lipinski definition) is 1. The van der Waals surface area contributed by atoms with E-state index in [4.69, 9.17) is 11.6 Å². The van der Waals surface area contributed by atoms with Crippen LogP contribution in [0, 0.1) is 5.82 Å². The van der Waals surface area contributed by atoms with Crippen molar-refractivity contribution in [3.8, 4) is 0 Å². The lowest BCUT2D eigenvalue weighted by Crippen LogP contribution is -2.18. The summed E-state index contributed by atoms with van der Waals surface area (Å²) in [6.07, 6.45) is 4.24. The zero-order valence-corrected chi connectivity index (χ0v) is 9.36. The Hall–Kier alpha value is -0.600. The van der Waals surface area contributed by atoms with Crippen LogP contribution in [0.3, 0.4) is 0 Å². The molecule has 1 aliphatic carbocycles. The van der Waals surface area contributed by atoms with Gasteiger partial charge in [-0.05, 0) is 44.4 Å². The molecule has 0 spiro atoms. The van der Waals surface area contributed by atoms with Gasteiger partial charge in [0.05, 0.1) is 0 Å². The summed E-state index contributed by atoms with van der Waals surface area (Å²) in [4.78, 5) is 0. The Balaban J connectivity index is 1.80. The normalized spacial score (nSPS) is 15.6. The average molecular weight is 228 g/mol. The monoisotopic (exact) mass is 227 g/mol. The second-order valence-corrected chi connectivity index (χ2v) is 4.44. The van der Waals surface area contributed by atoms with Gasteiger partial charge in [-0.15, -0.1) is 0 Å².